The first kappa shape index (κ1) is 41.1. The highest BCUT2D eigenvalue weighted by Gasteiger charge is 2.43. The lowest BCUT2D eigenvalue weighted by molar-refractivity contribution is 0.583. The van der Waals surface area contributed by atoms with Crippen molar-refractivity contribution in [2.45, 2.75) is 116 Å². The lowest BCUT2D eigenvalue weighted by Gasteiger charge is -2.38. The van der Waals surface area contributed by atoms with Gasteiger partial charge in [-0.1, -0.05) is 119 Å². The van der Waals surface area contributed by atoms with Gasteiger partial charge in [-0.05, 0) is 113 Å². The number of benzene rings is 5. The molecule has 0 bridgehead atoms. The maximum absolute atomic E-state index is 14.6. The molecule has 282 valence electrons. The molecular weight excluding hydrogens is 709 g/mol. The maximum atomic E-state index is 14.6. The van der Waals surface area contributed by atoms with Crippen LogP contribution in [-0.4, -0.2) is 16.1 Å². The van der Waals surface area contributed by atoms with Gasteiger partial charge in [0, 0.05) is 23.3 Å². The van der Waals surface area contributed by atoms with Crippen molar-refractivity contribution in [2.24, 2.45) is 0 Å². The van der Waals surface area contributed by atoms with Crippen LogP contribution in [0, 0.1) is 46.2 Å². The van der Waals surface area contributed by atoms with E-state index >= 15 is 0 Å². The highest BCUT2D eigenvalue weighted by molar-refractivity contribution is 6.91. The molecule has 5 aromatic rings. The van der Waals surface area contributed by atoms with Gasteiger partial charge in [0.2, 0.25) is 0 Å². The van der Waals surface area contributed by atoms with Gasteiger partial charge in [0.05, 0.1) is 0 Å². The zero-order valence-corrected chi connectivity index (χ0v) is 35.9. The van der Waals surface area contributed by atoms with Gasteiger partial charge in [-0.25, -0.2) is 17.6 Å². The third-order valence-corrected chi connectivity index (χ3v) is 24.6. The standard InChI is InChI=1S/C48H54F4Si2/c1-29(2)53(30(3)4,31(5)6)19-17-45-43-15-13-36(38-23-41(51)28-42(52)24-38)26-48(43)46(18-20-54(32(7)8,33(9)10)34(11)12)44-16-14-35(25-47(44)45)37-21-39(49)27-40(50)22-37/h13-16,21-34H,1-12H3. The van der Waals surface area contributed by atoms with Crippen LogP contribution < -0.4 is 0 Å². The summed E-state index contributed by atoms with van der Waals surface area (Å²) in [5.74, 6) is 4.93. The second kappa shape index (κ2) is 15.9. The van der Waals surface area contributed by atoms with Gasteiger partial charge < -0.3 is 0 Å². The van der Waals surface area contributed by atoms with Gasteiger partial charge in [0.25, 0.3) is 0 Å². The molecule has 5 aromatic carbocycles. The first-order valence-corrected chi connectivity index (χ1v) is 23.8. The first-order valence-electron chi connectivity index (χ1n) is 19.4. The van der Waals surface area contributed by atoms with Crippen molar-refractivity contribution in [1.82, 2.24) is 0 Å². The van der Waals surface area contributed by atoms with Crippen LogP contribution in [0.3, 0.4) is 0 Å². The van der Waals surface area contributed by atoms with Crippen LogP contribution in [-0.2, 0) is 0 Å². The predicted molar refractivity (Wildman–Crippen MR) is 228 cm³/mol. The summed E-state index contributed by atoms with van der Waals surface area (Å²) >= 11 is 0. The molecule has 0 aliphatic rings. The Kier molecular flexibility index (Phi) is 12.1. The van der Waals surface area contributed by atoms with Gasteiger partial charge in [0.1, 0.15) is 39.4 Å². The predicted octanol–water partition coefficient (Wildman–Crippen LogP) is 15.0. The Morgan fingerprint density at radius 3 is 0.889 bits per heavy atom. The molecule has 54 heavy (non-hydrogen) atoms. The van der Waals surface area contributed by atoms with Gasteiger partial charge in [-0.3, -0.25) is 0 Å². The molecule has 0 unspecified atom stereocenters. The lowest BCUT2D eigenvalue weighted by Crippen LogP contribution is -2.43. The van der Waals surface area contributed by atoms with E-state index in [0.717, 1.165) is 44.8 Å². The van der Waals surface area contributed by atoms with Crippen LogP contribution in [0.15, 0.2) is 72.8 Å². The average molecular weight is 763 g/mol. The van der Waals surface area contributed by atoms with Crippen LogP contribution in [0.2, 0.25) is 33.2 Å². The molecule has 0 radical (unpaired) electrons. The molecule has 0 saturated carbocycles. The third-order valence-electron chi connectivity index (χ3n) is 12.0. The second-order valence-electron chi connectivity index (χ2n) is 16.9. The van der Waals surface area contributed by atoms with Gasteiger partial charge in [-0.15, -0.1) is 11.1 Å². The van der Waals surface area contributed by atoms with E-state index in [0.29, 0.717) is 55.5 Å². The van der Waals surface area contributed by atoms with Crippen molar-refractivity contribution in [2.75, 3.05) is 0 Å². The van der Waals surface area contributed by atoms with Crippen molar-refractivity contribution in [3.8, 4) is 45.2 Å². The summed E-state index contributed by atoms with van der Waals surface area (Å²) in [6.07, 6.45) is 0. The first-order chi connectivity index (χ1) is 25.3. The summed E-state index contributed by atoms with van der Waals surface area (Å²) < 4.78 is 58.3. The topological polar surface area (TPSA) is 0 Å². The van der Waals surface area contributed by atoms with Crippen molar-refractivity contribution in [3.05, 3.63) is 107 Å². The van der Waals surface area contributed by atoms with Crippen LogP contribution in [0.25, 0.3) is 43.8 Å². The molecule has 0 fully saturated rings. The molecule has 0 aliphatic heterocycles. The molecule has 0 nitrogen and oxygen atoms in total. The van der Waals surface area contributed by atoms with E-state index in [1.54, 1.807) is 0 Å². The van der Waals surface area contributed by atoms with E-state index in [1.807, 2.05) is 36.4 Å². The van der Waals surface area contributed by atoms with E-state index < -0.39 is 39.4 Å². The number of halogens is 4. The molecule has 0 N–H and O–H groups in total. The summed E-state index contributed by atoms with van der Waals surface area (Å²) in [5.41, 5.74) is 14.1. The van der Waals surface area contributed by atoms with Gasteiger partial charge in [-0.2, -0.15) is 0 Å². The fourth-order valence-electron chi connectivity index (χ4n) is 9.51. The quantitative estimate of drug-likeness (QED) is 0.0639. The molecule has 0 saturated heterocycles. The summed E-state index contributed by atoms with van der Waals surface area (Å²) in [7, 11) is -4.42. The number of rotatable bonds is 8. The zero-order chi connectivity index (χ0) is 39.9. The molecule has 5 rings (SSSR count). The minimum absolute atomic E-state index is 0.397. The Balaban J connectivity index is 2.02. The molecule has 0 heterocycles. The summed E-state index contributed by atoms with van der Waals surface area (Å²) in [6.45, 7) is 27.4. The van der Waals surface area contributed by atoms with Crippen molar-refractivity contribution < 1.29 is 17.6 Å². The zero-order valence-electron chi connectivity index (χ0n) is 33.9. The fourth-order valence-corrected chi connectivity index (χ4v) is 19.9. The Morgan fingerprint density at radius 2 is 0.630 bits per heavy atom. The number of fused-ring (bicyclic) bond motifs is 2. The Hall–Kier alpha value is -4.11. The molecular formula is C48H54F4Si2. The number of hydrogen-bond acceptors (Lipinski definition) is 0. The summed E-state index contributed by atoms with van der Waals surface area (Å²) in [6, 6.07) is 18.9. The van der Waals surface area contributed by atoms with Crippen LogP contribution in [0.5, 0.6) is 0 Å². The van der Waals surface area contributed by atoms with Crippen LogP contribution >= 0.6 is 0 Å². The SMILES string of the molecule is CC(C)[Si](C#Cc1c2ccc(-c3cc(F)cc(F)c3)cc2c(C#C[Si](C(C)C)(C(C)C)C(C)C)c2ccc(-c3cc(F)cc(F)c3)cc12)(C(C)C)C(C)C. The molecule has 6 heteroatoms. The summed E-state index contributed by atoms with van der Waals surface area (Å²) in [4.78, 5) is 0. The fraction of sp³-hybridized carbons (Fsp3) is 0.375. The highest BCUT2D eigenvalue weighted by atomic mass is 28.3. The maximum Gasteiger partial charge on any atom is 0.146 e. The van der Waals surface area contributed by atoms with Gasteiger partial charge in [0.15, 0.2) is 0 Å². The normalized spacial score (nSPS) is 12.4. The number of hydrogen-bond donors (Lipinski definition) is 0. The average Bonchev–Trinajstić information content (AvgIpc) is 3.07. The van der Waals surface area contributed by atoms with Crippen molar-refractivity contribution >= 4 is 37.7 Å². The second-order valence-corrected chi connectivity index (χ2v) is 28.0. The van der Waals surface area contributed by atoms with E-state index in [1.165, 1.54) is 24.3 Å². The largest absolute Gasteiger partial charge is 0.207 e. The van der Waals surface area contributed by atoms with E-state index in [4.69, 9.17) is 0 Å². The minimum atomic E-state index is -2.21. The monoisotopic (exact) mass is 762 g/mol. The molecule has 0 amide bonds. The Labute approximate surface area is 322 Å². The van der Waals surface area contributed by atoms with Crippen molar-refractivity contribution in [3.63, 3.8) is 0 Å². The van der Waals surface area contributed by atoms with E-state index in [-0.39, 0.29) is 0 Å². The molecule has 0 atom stereocenters. The summed E-state index contributed by atoms with van der Waals surface area (Å²) in [5, 5.41) is 3.48. The van der Waals surface area contributed by atoms with Crippen LogP contribution in [0.1, 0.15) is 94.2 Å². The Morgan fingerprint density at radius 1 is 0.352 bits per heavy atom. The smallest absolute Gasteiger partial charge is 0.146 e. The highest BCUT2D eigenvalue weighted by Crippen LogP contribution is 2.44. The molecule has 0 aliphatic carbocycles. The molecule has 0 spiro atoms. The van der Waals surface area contributed by atoms with E-state index in [2.05, 4.69) is 106 Å². The van der Waals surface area contributed by atoms with Crippen LogP contribution in [0.4, 0.5) is 17.6 Å². The molecule has 0 aromatic heterocycles. The van der Waals surface area contributed by atoms with Gasteiger partial charge >= 0.3 is 0 Å². The minimum Gasteiger partial charge on any atom is -0.207 e. The Bertz CT molecular complexity index is 2080. The lowest BCUT2D eigenvalue weighted by atomic mass is 9.88. The third kappa shape index (κ3) is 7.58. The van der Waals surface area contributed by atoms with Crippen molar-refractivity contribution in [1.29, 1.82) is 0 Å². The van der Waals surface area contributed by atoms with E-state index in [9.17, 15) is 17.6 Å².